The van der Waals surface area contributed by atoms with Gasteiger partial charge in [0.05, 0.1) is 5.92 Å². The van der Waals surface area contributed by atoms with Crippen LogP contribution in [0.15, 0.2) is 0 Å². The molecule has 0 amide bonds. The van der Waals surface area contributed by atoms with Crippen molar-refractivity contribution in [1.82, 2.24) is 0 Å². The normalized spacial score (nSPS) is 15.9. The van der Waals surface area contributed by atoms with Crippen molar-refractivity contribution in [3.8, 4) is 0 Å². The highest BCUT2D eigenvalue weighted by Gasteiger charge is 2.11. The van der Waals surface area contributed by atoms with Crippen LogP contribution in [-0.2, 0) is 4.79 Å². The predicted molar refractivity (Wildman–Crippen MR) is 45.5 cm³/mol. The van der Waals surface area contributed by atoms with Crippen LogP contribution in [0, 0.1) is 11.8 Å². The first-order chi connectivity index (χ1) is 5.07. The lowest BCUT2D eigenvalue weighted by Crippen LogP contribution is -2.10. The maximum Gasteiger partial charge on any atom is 0.306 e. The Hall–Kier alpha value is -0.530. The van der Waals surface area contributed by atoms with E-state index in [1.54, 1.807) is 6.92 Å². The minimum Gasteiger partial charge on any atom is -0.481 e. The van der Waals surface area contributed by atoms with E-state index in [1.165, 1.54) is 0 Å². The third-order valence-corrected chi connectivity index (χ3v) is 2.21. The lowest BCUT2D eigenvalue weighted by Gasteiger charge is -2.09. The molecule has 0 saturated carbocycles. The third kappa shape index (κ3) is 4.82. The van der Waals surface area contributed by atoms with Gasteiger partial charge in [-0.15, -0.1) is 0 Å². The summed E-state index contributed by atoms with van der Waals surface area (Å²) in [4.78, 5) is 10.4. The van der Waals surface area contributed by atoms with Crippen LogP contribution in [-0.4, -0.2) is 11.1 Å². The number of carbonyl (C=O) groups is 1. The molecule has 0 aliphatic rings. The van der Waals surface area contributed by atoms with Gasteiger partial charge in [0.25, 0.3) is 0 Å². The van der Waals surface area contributed by atoms with Crippen LogP contribution >= 0.6 is 0 Å². The molecule has 0 spiro atoms. The second-order valence-electron chi connectivity index (χ2n) is 3.33. The van der Waals surface area contributed by atoms with E-state index in [1.807, 2.05) is 0 Å². The lowest BCUT2D eigenvalue weighted by atomic mass is 9.97. The van der Waals surface area contributed by atoms with Gasteiger partial charge in [-0.05, 0) is 18.8 Å². The van der Waals surface area contributed by atoms with Crippen molar-refractivity contribution in [2.24, 2.45) is 11.8 Å². The molecule has 0 aromatic rings. The van der Waals surface area contributed by atoms with E-state index in [0.29, 0.717) is 5.92 Å². The fraction of sp³-hybridized carbons (Fsp3) is 0.889. The highest BCUT2D eigenvalue weighted by atomic mass is 16.4. The Labute approximate surface area is 68.6 Å². The van der Waals surface area contributed by atoms with Crippen molar-refractivity contribution < 1.29 is 9.90 Å². The quantitative estimate of drug-likeness (QED) is 0.667. The molecular weight excluding hydrogens is 140 g/mol. The summed E-state index contributed by atoms with van der Waals surface area (Å²) in [5.74, 6) is -0.186. The molecule has 0 aliphatic heterocycles. The predicted octanol–water partition coefficient (Wildman–Crippen LogP) is 2.53. The van der Waals surface area contributed by atoms with Crippen molar-refractivity contribution >= 4 is 5.97 Å². The number of aliphatic carboxylic acids is 1. The van der Waals surface area contributed by atoms with E-state index in [4.69, 9.17) is 5.11 Å². The molecule has 0 heterocycles. The van der Waals surface area contributed by atoms with Gasteiger partial charge in [0, 0.05) is 0 Å². The summed E-state index contributed by atoms with van der Waals surface area (Å²) in [5, 5.41) is 8.57. The van der Waals surface area contributed by atoms with Gasteiger partial charge >= 0.3 is 5.97 Å². The van der Waals surface area contributed by atoms with Gasteiger partial charge in [-0.1, -0.05) is 27.2 Å². The summed E-state index contributed by atoms with van der Waals surface area (Å²) in [6.45, 7) is 6.06. The first-order valence-electron chi connectivity index (χ1n) is 4.30. The summed E-state index contributed by atoms with van der Waals surface area (Å²) in [6.07, 6.45) is 2.99. The van der Waals surface area contributed by atoms with Gasteiger partial charge < -0.3 is 5.11 Å². The summed E-state index contributed by atoms with van der Waals surface area (Å²) in [5.41, 5.74) is 0. The minimum atomic E-state index is -0.673. The molecule has 0 aliphatic carbocycles. The van der Waals surface area contributed by atoms with Crippen molar-refractivity contribution in [1.29, 1.82) is 0 Å². The van der Waals surface area contributed by atoms with Crippen LogP contribution in [0.5, 0.6) is 0 Å². The van der Waals surface area contributed by atoms with E-state index in [0.717, 1.165) is 19.3 Å². The molecule has 0 aromatic heterocycles. The van der Waals surface area contributed by atoms with Gasteiger partial charge in [0.15, 0.2) is 0 Å². The Morgan fingerprint density at radius 2 is 1.91 bits per heavy atom. The number of hydrogen-bond donors (Lipinski definition) is 1. The smallest absolute Gasteiger partial charge is 0.306 e. The summed E-state index contributed by atoms with van der Waals surface area (Å²) in [7, 11) is 0. The number of hydrogen-bond acceptors (Lipinski definition) is 1. The Morgan fingerprint density at radius 3 is 2.27 bits per heavy atom. The van der Waals surface area contributed by atoms with Crippen LogP contribution in [0.25, 0.3) is 0 Å². The summed E-state index contributed by atoms with van der Waals surface area (Å²) in [6, 6.07) is 0. The largest absolute Gasteiger partial charge is 0.481 e. The zero-order valence-corrected chi connectivity index (χ0v) is 7.63. The third-order valence-electron chi connectivity index (χ3n) is 2.21. The fourth-order valence-electron chi connectivity index (χ4n) is 0.862. The molecule has 0 bridgehead atoms. The number of carboxylic acids is 1. The first kappa shape index (κ1) is 10.5. The second-order valence-corrected chi connectivity index (χ2v) is 3.33. The topological polar surface area (TPSA) is 37.3 Å². The molecule has 2 heteroatoms. The molecule has 1 N–H and O–H groups in total. The molecule has 2 unspecified atom stereocenters. The standard InChI is InChI=1S/C9H18O2/c1-4-7(2)5-6-8(3)9(10)11/h7-8H,4-6H2,1-3H3,(H,10,11). The number of rotatable bonds is 5. The molecule has 0 radical (unpaired) electrons. The van der Waals surface area contributed by atoms with Gasteiger partial charge in [0.2, 0.25) is 0 Å². The second kappa shape index (κ2) is 5.16. The van der Waals surface area contributed by atoms with Crippen molar-refractivity contribution in [2.45, 2.75) is 40.0 Å². The molecule has 0 aromatic carbocycles. The molecule has 2 atom stereocenters. The molecular formula is C9H18O2. The molecule has 0 saturated heterocycles. The average molecular weight is 158 g/mol. The van der Waals surface area contributed by atoms with Crippen molar-refractivity contribution in [2.75, 3.05) is 0 Å². The molecule has 0 fully saturated rings. The number of carboxylic acid groups (broad SMARTS) is 1. The molecule has 0 rings (SSSR count). The zero-order chi connectivity index (χ0) is 8.85. The van der Waals surface area contributed by atoms with Gasteiger partial charge in [-0.2, -0.15) is 0 Å². The zero-order valence-electron chi connectivity index (χ0n) is 7.63. The van der Waals surface area contributed by atoms with E-state index >= 15 is 0 Å². The van der Waals surface area contributed by atoms with Crippen LogP contribution < -0.4 is 0 Å². The van der Waals surface area contributed by atoms with Crippen LogP contribution in [0.4, 0.5) is 0 Å². The maximum absolute atomic E-state index is 10.4. The van der Waals surface area contributed by atoms with Crippen molar-refractivity contribution in [3.63, 3.8) is 0 Å². The Morgan fingerprint density at radius 1 is 1.36 bits per heavy atom. The molecule has 66 valence electrons. The highest BCUT2D eigenvalue weighted by molar-refractivity contribution is 5.69. The van der Waals surface area contributed by atoms with E-state index in [9.17, 15) is 4.79 Å². The first-order valence-corrected chi connectivity index (χ1v) is 4.30. The minimum absolute atomic E-state index is 0.177. The van der Waals surface area contributed by atoms with Crippen LogP contribution in [0.2, 0.25) is 0 Å². The van der Waals surface area contributed by atoms with Gasteiger partial charge in [-0.3, -0.25) is 4.79 Å². The summed E-state index contributed by atoms with van der Waals surface area (Å²) >= 11 is 0. The lowest BCUT2D eigenvalue weighted by molar-refractivity contribution is -0.141. The monoisotopic (exact) mass is 158 g/mol. The van der Waals surface area contributed by atoms with Gasteiger partial charge in [-0.25, -0.2) is 0 Å². The summed E-state index contributed by atoms with van der Waals surface area (Å²) < 4.78 is 0. The molecule has 11 heavy (non-hydrogen) atoms. The SMILES string of the molecule is CCC(C)CCC(C)C(=O)O. The van der Waals surface area contributed by atoms with Crippen LogP contribution in [0.1, 0.15) is 40.0 Å². The Bertz CT molecular complexity index is 121. The van der Waals surface area contributed by atoms with E-state index in [-0.39, 0.29) is 5.92 Å². The molecule has 2 nitrogen and oxygen atoms in total. The fourth-order valence-corrected chi connectivity index (χ4v) is 0.862. The van der Waals surface area contributed by atoms with E-state index in [2.05, 4.69) is 13.8 Å². The Kier molecular flexibility index (Phi) is 4.92. The maximum atomic E-state index is 10.4. The highest BCUT2D eigenvalue weighted by Crippen LogP contribution is 2.14. The van der Waals surface area contributed by atoms with Gasteiger partial charge in [0.1, 0.15) is 0 Å². The average Bonchev–Trinajstić information content (AvgIpc) is 1.99. The Balaban J connectivity index is 3.45. The van der Waals surface area contributed by atoms with Crippen LogP contribution in [0.3, 0.4) is 0 Å². The van der Waals surface area contributed by atoms with Crippen molar-refractivity contribution in [3.05, 3.63) is 0 Å². The van der Waals surface area contributed by atoms with E-state index < -0.39 is 5.97 Å².